The number of esters is 1. The molecule has 3 aromatic rings. The first-order chi connectivity index (χ1) is 13.9. The van der Waals surface area contributed by atoms with Crippen LogP contribution in [0.4, 0.5) is 0 Å². The van der Waals surface area contributed by atoms with E-state index in [0.29, 0.717) is 21.6 Å². The van der Waals surface area contributed by atoms with Crippen LogP contribution in [0.1, 0.15) is 23.7 Å². The van der Waals surface area contributed by atoms with E-state index in [0.717, 1.165) is 4.47 Å². The molecule has 1 atom stereocenters. The highest BCUT2D eigenvalue weighted by molar-refractivity contribution is 9.10. The molecule has 0 bridgehead atoms. The smallest absolute Gasteiger partial charge is 0.307 e. The summed E-state index contributed by atoms with van der Waals surface area (Å²) in [6, 6.07) is 14.2. The zero-order valence-corrected chi connectivity index (χ0v) is 18.3. The van der Waals surface area contributed by atoms with Gasteiger partial charge in [0.05, 0.1) is 29.7 Å². The summed E-state index contributed by atoms with van der Waals surface area (Å²) in [5, 5.41) is 0.401. The summed E-state index contributed by atoms with van der Waals surface area (Å²) in [6.07, 6.45) is 0.0407. The number of hydrogen-bond donors (Lipinski definition) is 0. The monoisotopic (exact) mass is 474 g/mol. The van der Waals surface area contributed by atoms with Gasteiger partial charge in [-0.15, -0.1) is 0 Å². The van der Waals surface area contributed by atoms with Gasteiger partial charge in [0.2, 0.25) is 0 Å². The summed E-state index contributed by atoms with van der Waals surface area (Å²) in [5.74, 6) is -0.482. The zero-order valence-electron chi connectivity index (χ0n) is 15.9. The molecule has 6 nitrogen and oxygen atoms in total. The number of halogens is 1. The maximum Gasteiger partial charge on any atom is 0.307 e. The van der Waals surface area contributed by atoms with Crippen molar-refractivity contribution in [3.8, 4) is 0 Å². The third-order valence-electron chi connectivity index (χ3n) is 4.37. The molecule has 1 unspecified atom stereocenters. The topological polar surface area (TPSA) is 78.3 Å². The van der Waals surface area contributed by atoms with E-state index in [-0.39, 0.29) is 24.3 Å². The van der Waals surface area contributed by atoms with Crippen molar-refractivity contribution in [2.24, 2.45) is 0 Å². The van der Waals surface area contributed by atoms with Crippen molar-refractivity contribution in [1.29, 1.82) is 0 Å². The number of carbonyl (C=O) groups excluding carboxylic acids is 2. The van der Waals surface area contributed by atoms with Gasteiger partial charge in [0.1, 0.15) is 0 Å². The molecule has 0 aliphatic heterocycles. The van der Waals surface area contributed by atoms with Crippen LogP contribution in [0.3, 0.4) is 0 Å². The van der Waals surface area contributed by atoms with Gasteiger partial charge in [-0.3, -0.25) is 19.0 Å². The molecule has 8 heteroatoms. The lowest BCUT2D eigenvalue weighted by atomic mass is 10.1. The SMILES string of the molecule is COC(=O)CCn1c(SC(C)C(=O)c2ccc(Br)cc2)nc2ccccc2c1=O. The molecule has 1 aromatic heterocycles. The number of benzene rings is 2. The number of Topliss-reactive ketones (excluding diaryl/α,β-unsaturated/α-hetero) is 1. The minimum absolute atomic E-state index is 0.0407. The Morgan fingerprint density at radius 2 is 1.86 bits per heavy atom. The van der Waals surface area contributed by atoms with Crippen molar-refractivity contribution >= 4 is 50.3 Å². The van der Waals surface area contributed by atoms with Gasteiger partial charge in [-0.1, -0.05) is 52.0 Å². The van der Waals surface area contributed by atoms with Gasteiger partial charge in [0, 0.05) is 16.6 Å². The van der Waals surface area contributed by atoms with Crippen LogP contribution in [0, 0.1) is 0 Å². The maximum absolute atomic E-state index is 13.0. The predicted octanol–water partition coefficient (Wildman–Crippen LogP) is 4.09. The zero-order chi connectivity index (χ0) is 21.0. The van der Waals surface area contributed by atoms with E-state index in [1.807, 2.05) is 12.1 Å². The average Bonchev–Trinajstić information content (AvgIpc) is 2.73. The lowest BCUT2D eigenvalue weighted by Crippen LogP contribution is -2.26. The summed E-state index contributed by atoms with van der Waals surface area (Å²) in [4.78, 5) is 42.0. The highest BCUT2D eigenvalue weighted by Gasteiger charge is 2.21. The summed E-state index contributed by atoms with van der Waals surface area (Å²) in [6.45, 7) is 1.91. The van der Waals surface area contributed by atoms with Crippen LogP contribution < -0.4 is 5.56 Å². The van der Waals surface area contributed by atoms with Gasteiger partial charge in [-0.25, -0.2) is 4.98 Å². The Morgan fingerprint density at radius 3 is 2.55 bits per heavy atom. The largest absolute Gasteiger partial charge is 0.469 e. The number of nitrogens with zero attached hydrogens (tertiary/aromatic N) is 2. The molecule has 0 saturated heterocycles. The Balaban J connectivity index is 1.95. The molecule has 2 aromatic carbocycles. The normalized spacial score (nSPS) is 12.0. The molecule has 0 aliphatic rings. The number of methoxy groups -OCH3 is 1. The van der Waals surface area contributed by atoms with Crippen LogP contribution in [-0.2, 0) is 16.1 Å². The van der Waals surface area contributed by atoms with E-state index in [2.05, 4.69) is 25.7 Å². The van der Waals surface area contributed by atoms with E-state index in [1.54, 1.807) is 43.3 Å². The van der Waals surface area contributed by atoms with Gasteiger partial charge in [-0.05, 0) is 31.2 Å². The fourth-order valence-electron chi connectivity index (χ4n) is 2.80. The predicted molar refractivity (Wildman–Crippen MR) is 116 cm³/mol. The Hall–Kier alpha value is -2.45. The third kappa shape index (κ3) is 4.94. The van der Waals surface area contributed by atoms with Crippen molar-refractivity contribution < 1.29 is 14.3 Å². The molecular formula is C21H19BrN2O4S. The van der Waals surface area contributed by atoms with Gasteiger partial charge < -0.3 is 4.74 Å². The van der Waals surface area contributed by atoms with Gasteiger partial charge in [0.25, 0.3) is 5.56 Å². The summed E-state index contributed by atoms with van der Waals surface area (Å²) in [5.41, 5.74) is 0.889. The van der Waals surface area contributed by atoms with E-state index >= 15 is 0 Å². The number of aromatic nitrogens is 2. The van der Waals surface area contributed by atoms with Gasteiger partial charge >= 0.3 is 5.97 Å². The van der Waals surface area contributed by atoms with Crippen molar-refractivity contribution in [3.05, 3.63) is 68.9 Å². The van der Waals surface area contributed by atoms with E-state index in [4.69, 9.17) is 0 Å². The second-order valence-electron chi connectivity index (χ2n) is 6.33. The lowest BCUT2D eigenvalue weighted by Gasteiger charge is -2.15. The number of carbonyl (C=O) groups is 2. The molecule has 0 radical (unpaired) electrons. The molecule has 1 heterocycles. The highest BCUT2D eigenvalue weighted by Crippen LogP contribution is 2.25. The molecule has 0 spiro atoms. The molecular weight excluding hydrogens is 456 g/mol. The molecule has 0 aliphatic carbocycles. The Kier molecular flexibility index (Phi) is 6.87. The molecule has 0 fully saturated rings. The second kappa shape index (κ2) is 9.37. The first-order valence-corrected chi connectivity index (χ1v) is 10.6. The van der Waals surface area contributed by atoms with Crippen LogP contribution in [0.5, 0.6) is 0 Å². The number of rotatable bonds is 7. The van der Waals surface area contributed by atoms with Crippen molar-refractivity contribution in [1.82, 2.24) is 9.55 Å². The number of ketones is 1. The first kappa shape index (κ1) is 21.3. The van der Waals surface area contributed by atoms with E-state index < -0.39 is 11.2 Å². The molecule has 3 rings (SSSR count). The van der Waals surface area contributed by atoms with E-state index in [9.17, 15) is 14.4 Å². The van der Waals surface area contributed by atoms with Crippen molar-refractivity contribution in [3.63, 3.8) is 0 Å². The fourth-order valence-corrected chi connectivity index (χ4v) is 4.08. The number of fused-ring (bicyclic) bond motifs is 1. The van der Waals surface area contributed by atoms with Crippen LogP contribution >= 0.6 is 27.7 Å². The first-order valence-electron chi connectivity index (χ1n) is 8.93. The average molecular weight is 475 g/mol. The second-order valence-corrected chi connectivity index (χ2v) is 8.55. The van der Waals surface area contributed by atoms with Crippen molar-refractivity contribution in [2.45, 2.75) is 30.3 Å². The summed E-state index contributed by atoms with van der Waals surface area (Å²) in [7, 11) is 1.30. The van der Waals surface area contributed by atoms with E-state index in [1.165, 1.54) is 23.4 Å². The summed E-state index contributed by atoms with van der Waals surface area (Å²) < 4.78 is 7.02. The minimum Gasteiger partial charge on any atom is -0.469 e. The highest BCUT2D eigenvalue weighted by atomic mass is 79.9. The molecule has 150 valence electrons. The van der Waals surface area contributed by atoms with Crippen LogP contribution in [0.15, 0.2) is 63.0 Å². The quantitative estimate of drug-likeness (QED) is 0.222. The number of ether oxygens (including phenoxy) is 1. The number of thioether (sulfide) groups is 1. The minimum atomic E-state index is -0.464. The fraction of sp³-hybridized carbons (Fsp3) is 0.238. The maximum atomic E-state index is 13.0. The molecule has 0 saturated carbocycles. The van der Waals surface area contributed by atoms with Crippen LogP contribution in [0.25, 0.3) is 10.9 Å². The molecule has 0 N–H and O–H groups in total. The van der Waals surface area contributed by atoms with Crippen LogP contribution in [0.2, 0.25) is 0 Å². The Bertz CT molecular complexity index is 1110. The Morgan fingerprint density at radius 1 is 1.17 bits per heavy atom. The lowest BCUT2D eigenvalue weighted by molar-refractivity contribution is -0.140. The van der Waals surface area contributed by atoms with Gasteiger partial charge in [-0.2, -0.15) is 0 Å². The van der Waals surface area contributed by atoms with Crippen molar-refractivity contribution in [2.75, 3.05) is 7.11 Å². The molecule has 0 amide bonds. The van der Waals surface area contributed by atoms with Crippen LogP contribution in [-0.4, -0.2) is 33.7 Å². The third-order valence-corrected chi connectivity index (χ3v) is 5.99. The van der Waals surface area contributed by atoms with Gasteiger partial charge in [0.15, 0.2) is 10.9 Å². The Labute approximate surface area is 180 Å². The molecule has 29 heavy (non-hydrogen) atoms. The number of hydrogen-bond acceptors (Lipinski definition) is 6. The standard InChI is InChI=1S/C21H19BrN2O4S/c1-13(19(26)14-7-9-15(22)10-8-14)29-21-23-17-6-4-3-5-16(17)20(27)24(21)12-11-18(25)28-2/h3-10,13H,11-12H2,1-2H3. The summed E-state index contributed by atoms with van der Waals surface area (Å²) >= 11 is 4.56. The number of para-hydroxylation sites is 1.